The van der Waals surface area contributed by atoms with Crippen LogP contribution < -0.4 is 10.1 Å². The first kappa shape index (κ1) is 23.5. The second kappa shape index (κ2) is 9.66. The van der Waals surface area contributed by atoms with E-state index in [1.54, 1.807) is 24.3 Å². The van der Waals surface area contributed by atoms with Crippen LogP contribution in [0.2, 0.25) is 10.0 Å². The fraction of sp³-hybridized carbons (Fsp3) is 0.0870. The van der Waals surface area contributed by atoms with E-state index in [1.807, 2.05) is 0 Å². The Balaban J connectivity index is 1.72. The molecule has 1 amide bonds. The van der Waals surface area contributed by atoms with Crippen LogP contribution in [0.1, 0.15) is 15.9 Å². The lowest BCUT2D eigenvalue weighted by molar-refractivity contribution is -0.112. The van der Waals surface area contributed by atoms with Crippen molar-refractivity contribution in [3.05, 3.63) is 82.2 Å². The van der Waals surface area contributed by atoms with Gasteiger partial charge in [0, 0.05) is 29.5 Å². The molecular weight excluding hydrogens is 491 g/mol. The number of halogens is 4. The number of nitrogens with one attached hydrogen (secondary N) is 1. The molecule has 0 radical (unpaired) electrons. The van der Waals surface area contributed by atoms with Gasteiger partial charge in [0.15, 0.2) is 0 Å². The van der Waals surface area contributed by atoms with Crippen LogP contribution in [-0.2, 0) is 11.3 Å². The molecule has 0 saturated carbocycles. The number of hydrogen-bond donors (Lipinski definition) is 2. The smallest absolute Gasteiger partial charge is 0.387 e. The molecule has 4 rings (SSSR count). The van der Waals surface area contributed by atoms with Crippen molar-refractivity contribution in [1.82, 2.24) is 9.55 Å². The van der Waals surface area contributed by atoms with E-state index >= 15 is 0 Å². The van der Waals surface area contributed by atoms with Crippen LogP contribution in [0.25, 0.3) is 10.9 Å². The summed E-state index contributed by atoms with van der Waals surface area (Å²) >= 11 is 12.0. The summed E-state index contributed by atoms with van der Waals surface area (Å²) in [6.07, 6.45) is 3.88. The number of carbonyl (C=O) groups excluding carboxylic acids is 2. The zero-order valence-corrected chi connectivity index (χ0v) is 18.6. The fourth-order valence-electron chi connectivity index (χ4n) is 3.50. The minimum atomic E-state index is -3.02. The van der Waals surface area contributed by atoms with E-state index in [4.69, 9.17) is 23.2 Å². The largest absolute Gasteiger partial charge is 0.506 e. The summed E-state index contributed by atoms with van der Waals surface area (Å²) in [6, 6.07) is 10.6. The summed E-state index contributed by atoms with van der Waals surface area (Å²) in [5, 5.41) is 13.2. The monoisotopic (exact) mass is 505 g/mol. The van der Waals surface area contributed by atoms with Crippen LogP contribution >= 0.6 is 23.2 Å². The van der Waals surface area contributed by atoms with Crippen molar-refractivity contribution in [3.8, 4) is 11.5 Å². The number of fused-ring (bicyclic) bond motifs is 1. The average molecular weight is 506 g/mol. The van der Waals surface area contributed by atoms with Gasteiger partial charge in [0.25, 0.3) is 11.7 Å². The van der Waals surface area contributed by atoms with Gasteiger partial charge in [-0.3, -0.25) is 14.6 Å². The average Bonchev–Trinajstić information content (AvgIpc) is 3.16. The number of hydrogen-bond acceptors (Lipinski definition) is 5. The van der Waals surface area contributed by atoms with Gasteiger partial charge in [-0.1, -0.05) is 53.5 Å². The van der Waals surface area contributed by atoms with Crippen LogP contribution in [0.3, 0.4) is 0 Å². The molecular formula is C23H15Cl2F2N3O4. The SMILES string of the molecule is O=C(Nc1c(Cl)cncc1Cl)C(=O)c1cn(Cc2ccccc2OC(F)F)c2c(O)cccc12. The fourth-order valence-corrected chi connectivity index (χ4v) is 3.96. The Hall–Kier alpha value is -3.69. The molecule has 4 aromatic rings. The number of benzene rings is 2. The molecule has 0 aliphatic carbocycles. The Morgan fingerprint density at radius 1 is 1.09 bits per heavy atom. The molecule has 7 nitrogen and oxygen atoms in total. The zero-order valence-electron chi connectivity index (χ0n) is 17.1. The van der Waals surface area contributed by atoms with Crippen molar-refractivity contribution in [2.24, 2.45) is 0 Å². The lowest BCUT2D eigenvalue weighted by Gasteiger charge is -2.12. The van der Waals surface area contributed by atoms with Gasteiger partial charge >= 0.3 is 6.61 Å². The predicted octanol–water partition coefficient (Wildman–Crippen LogP) is 5.52. The van der Waals surface area contributed by atoms with Gasteiger partial charge in [-0.05, 0) is 12.1 Å². The third kappa shape index (κ3) is 4.66. The molecule has 34 heavy (non-hydrogen) atoms. The van der Waals surface area contributed by atoms with Crippen LogP contribution in [0.5, 0.6) is 11.5 Å². The van der Waals surface area contributed by atoms with E-state index in [1.165, 1.54) is 41.4 Å². The molecule has 174 valence electrons. The van der Waals surface area contributed by atoms with Gasteiger partial charge in [0.05, 0.1) is 33.4 Å². The number of aromatic hydroxyl groups is 1. The van der Waals surface area contributed by atoms with E-state index in [0.717, 1.165) is 0 Å². The Morgan fingerprint density at radius 2 is 1.79 bits per heavy atom. The lowest BCUT2D eigenvalue weighted by atomic mass is 10.1. The molecule has 0 fully saturated rings. The minimum absolute atomic E-state index is 0.0167. The Kier molecular flexibility index (Phi) is 6.67. The summed E-state index contributed by atoms with van der Waals surface area (Å²) in [6.45, 7) is -3.04. The molecule has 0 spiro atoms. The number of rotatable bonds is 7. The first-order chi connectivity index (χ1) is 16.3. The molecule has 2 aromatic heterocycles. The molecule has 0 unspecified atom stereocenters. The van der Waals surface area contributed by atoms with Crippen LogP contribution in [0.4, 0.5) is 14.5 Å². The number of alkyl halides is 2. The number of aromatic nitrogens is 2. The number of nitrogens with zero attached hydrogens (tertiary/aromatic N) is 2. The van der Waals surface area contributed by atoms with Crippen molar-refractivity contribution in [3.63, 3.8) is 0 Å². The second-order valence-electron chi connectivity index (χ2n) is 7.09. The Morgan fingerprint density at radius 3 is 2.50 bits per heavy atom. The molecule has 0 saturated heterocycles. The van der Waals surface area contributed by atoms with Crippen molar-refractivity contribution >= 4 is 51.5 Å². The maximum absolute atomic E-state index is 13.0. The first-order valence-electron chi connectivity index (χ1n) is 9.74. The number of phenols is 1. The standard InChI is InChI=1S/C23H15Cl2F2N3O4/c24-15-8-28-9-16(25)19(15)29-22(33)21(32)14-11-30(20-13(14)5-3-6-17(20)31)10-12-4-1-2-7-18(12)34-23(26)27/h1-9,11,23,31H,10H2,(H,28,29,33). The molecule has 0 aliphatic rings. The number of para-hydroxylation sites is 2. The number of ketones is 1. The highest BCUT2D eigenvalue weighted by Crippen LogP contribution is 2.33. The minimum Gasteiger partial charge on any atom is -0.506 e. The summed E-state index contributed by atoms with van der Waals surface area (Å²) < 4.78 is 31.7. The van der Waals surface area contributed by atoms with Crippen molar-refractivity contribution in [2.75, 3.05) is 5.32 Å². The molecule has 0 aliphatic heterocycles. The van der Waals surface area contributed by atoms with E-state index in [9.17, 15) is 23.5 Å². The number of phenolic OH excluding ortho intramolecular Hbond substituents is 1. The summed E-state index contributed by atoms with van der Waals surface area (Å²) in [5.74, 6) is -2.15. The molecule has 0 atom stereocenters. The van der Waals surface area contributed by atoms with E-state index < -0.39 is 18.3 Å². The van der Waals surface area contributed by atoms with Crippen LogP contribution in [-0.4, -0.2) is 33.0 Å². The number of carbonyl (C=O) groups is 2. The Labute approximate surface area is 201 Å². The van der Waals surface area contributed by atoms with Gasteiger partial charge in [0.2, 0.25) is 0 Å². The highest BCUT2D eigenvalue weighted by Gasteiger charge is 2.25. The quantitative estimate of drug-likeness (QED) is 0.254. The maximum atomic E-state index is 13.0. The molecule has 2 aromatic carbocycles. The molecule has 2 heterocycles. The van der Waals surface area contributed by atoms with Crippen molar-refractivity contribution < 1.29 is 28.2 Å². The third-order valence-corrected chi connectivity index (χ3v) is 5.52. The summed E-state index contributed by atoms with van der Waals surface area (Å²) in [7, 11) is 0. The predicted molar refractivity (Wildman–Crippen MR) is 123 cm³/mol. The molecule has 11 heteroatoms. The van der Waals surface area contributed by atoms with Crippen molar-refractivity contribution in [1.29, 1.82) is 0 Å². The maximum Gasteiger partial charge on any atom is 0.387 e. The number of anilines is 1. The highest BCUT2D eigenvalue weighted by molar-refractivity contribution is 6.50. The van der Waals surface area contributed by atoms with E-state index in [2.05, 4.69) is 15.0 Å². The third-order valence-electron chi connectivity index (χ3n) is 4.95. The number of amides is 1. The number of Topliss-reactive ketones (excluding diaryl/α,β-unsaturated/α-hetero) is 1. The van der Waals surface area contributed by atoms with Crippen molar-refractivity contribution in [2.45, 2.75) is 13.2 Å². The molecule has 2 N–H and O–H groups in total. The Bertz CT molecular complexity index is 1390. The van der Waals surface area contributed by atoms with Gasteiger partial charge in [-0.2, -0.15) is 8.78 Å². The normalized spacial score (nSPS) is 11.1. The summed E-state index contributed by atoms with van der Waals surface area (Å²) in [4.78, 5) is 29.5. The molecule has 0 bridgehead atoms. The summed E-state index contributed by atoms with van der Waals surface area (Å²) in [5.41, 5.74) is 0.630. The van der Waals surface area contributed by atoms with Crippen LogP contribution in [0, 0.1) is 0 Å². The van der Waals surface area contributed by atoms with Gasteiger partial charge < -0.3 is 19.7 Å². The lowest BCUT2D eigenvalue weighted by Crippen LogP contribution is -2.23. The topological polar surface area (TPSA) is 93.5 Å². The zero-order chi connectivity index (χ0) is 24.4. The van der Waals surface area contributed by atoms with Gasteiger partial charge in [0.1, 0.15) is 11.5 Å². The number of ether oxygens (including phenoxy) is 1. The first-order valence-corrected chi connectivity index (χ1v) is 10.5. The van der Waals surface area contributed by atoms with Gasteiger partial charge in [-0.15, -0.1) is 0 Å². The van der Waals surface area contributed by atoms with Gasteiger partial charge in [-0.25, -0.2) is 0 Å². The highest BCUT2D eigenvalue weighted by atomic mass is 35.5. The van der Waals surface area contributed by atoms with E-state index in [0.29, 0.717) is 10.9 Å². The second-order valence-corrected chi connectivity index (χ2v) is 7.91. The number of pyridine rings is 1. The van der Waals surface area contributed by atoms with E-state index in [-0.39, 0.29) is 44.9 Å². The van der Waals surface area contributed by atoms with Crippen LogP contribution in [0.15, 0.2) is 61.1 Å².